The molecule has 1 heterocycles. The minimum atomic E-state index is -0.346. The van der Waals surface area contributed by atoms with E-state index < -0.39 is 0 Å². The standard InChI is InChI=1S/C8H9NO2/c9-5-7(6-10)4-8-2-1-3-11-8/h1-3,7,10H,4,6H2. The molecule has 1 aromatic rings. The molecular formula is C8H9NO2. The van der Waals surface area contributed by atoms with Crippen molar-refractivity contribution in [2.75, 3.05) is 6.61 Å². The van der Waals surface area contributed by atoms with E-state index >= 15 is 0 Å². The molecule has 0 spiro atoms. The molecule has 11 heavy (non-hydrogen) atoms. The SMILES string of the molecule is N#CC(CO)Cc1ccco1. The maximum absolute atomic E-state index is 8.66. The van der Waals surface area contributed by atoms with Gasteiger partial charge in [-0.3, -0.25) is 0 Å². The summed E-state index contributed by atoms with van der Waals surface area (Å²) in [6.45, 7) is -0.114. The van der Waals surface area contributed by atoms with Crippen LogP contribution in [0.5, 0.6) is 0 Å². The third-order valence-electron chi connectivity index (χ3n) is 1.43. The van der Waals surface area contributed by atoms with Crippen molar-refractivity contribution in [3.63, 3.8) is 0 Å². The van der Waals surface area contributed by atoms with Gasteiger partial charge in [0.2, 0.25) is 0 Å². The lowest BCUT2D eigenvalue weighted by Crippen LogP contribution is -2.05. The first-order valence-corrected chi connectivity index (χ1v) is 3.39. The lowest BCUT2D eigenvalue weighted by molar-refractivity contribution is 0.250. The minimum absolute atomic E-state index is 0.114. The van der Waals surface area contributed by atoms with Crippen LogP contribution >= 0.6 is 0 Å². The van der Waals surface area contributed by atoms with E-state index in [-0.39, 0.29) is 12.5 Å². The van der Waals surface area contributed by atoms with Crippen LogP contribution in [0.15, 0.2) is 22.8 Å². The Morgan fingerprint density at radius 1 is 1.73 bits per heavy atom. The third kappa shape index (κ3) is 2.10. The summed E-state index contributed by atoms with van der Waals surface area (Å²) in [5.74, 6) is 0.395. The Kier molecular flexibility index (Phi) is 2.70. The second kappa shape index (κ2) is 3.79. The second-order valence-corrected chi connectivity index (χ2v) is 2.29. The van der Waals surface area contributed by atoms with E-state index in [1.807, 2.05) is 6.07 Å². The molecule has 1 unspecified atom stereocenters. The Labute approximate surface area is 64.9 Å². The lowest BCUT2D eigenvalue weighted by Gasteiger charge is -2.00. The molecule has 0 aliphatic heterocycles. The molecule has 58 valence electrons. The van der Waals surface area contributed by atoms with Crippen LogP contribution in [0.25, 0.3) is 0 Å². The number of hydrogen-bond acceptors (Lipinski definition) is 3. The van der Waals surface area contributed by atoms with Gasteiger partial charge in [-0.2, -0.15) is 5.26 Å². The summed E-state index contributed by atoms with van der Waals surface area (Å²) >= 11 is 0. The zero-order valence-corrected chi connectivity index (χ0v) is 6.03. The van der Waals surface area contributed by atoms with E-state index in [4.69, 9.17) is 14.8 Å². The van der Waals surface area contributed by atoms with Gasteiger partial charge in [-0.15, -0.1) is 0 Å². The highest BCUT2D eigenvalue weighted by molar-refractivity contribution is 5.02. The quantitative estimate of drug-likeness (QED) is 0.699. The fourth-order valence-corrected chi connectivity index (χ4v) is 0.823. The number of aliphatic hydroxyl groups excluding tert-OH is 1. The van der Waals surface area contributed by atoms with Crippen molar-refractivity contribution in [3.05, 3.63) is 24.2 Å². The molecule has 0 saturated carbocycles. The third-order valence-corrected chi connectivity index (χ3v) is 1.43. The van der Waals surface area contributed by atoms with Crippen LogP contribution in [0.4, 0.5) is 0 Å². The molecule has 0 aliphatic rings. The Balaban J connectivity index is 2.49. The maximum Gasteiger partial charge on any atom is 0.105 e. The molecule has 1 atom stereocenters. The number of furan rings is 1. The van der Waals surface area contributed by atoms with E-state index in [1.165, 1.54) is 0 Å². The van der Waals surface area contributed by atoms with Crippen LogP contribution in [0.3, 0.4) is 0 Å². The molecule has 0 fully saturated rings. The van der Waals surface area contributed by atoms with Crippen molar-refractivity contribution in [2.24, 2.45) is 5.92 Å². The van der Waals surface area contributed by atoms with Gasteiger partial charge in [-0.05, 0) is 12.1 Å². The van der Waals surface area contributed by atoms with Crippen molar-refractivity contribution in [2.45, 2.75) is 6.42 Å². The number of hydrogen-bond donors (Lipinski definition) is 1. The molecule has 0 radical (unpaired) electrons. The summed E-state index contributed by atoms with van der Waals surface area (Å²) in [6.07, 6.45) is 2.04. The van der Waals surface area contributed by atoms with Gasteiger partial charge in [0.15, 0.2) is 0 Å². The van der Waals surface area contributed by atoms with Crippen molar-refractivity contribution in [1.82, 2.24) is 0 Å². The monoisotopic (exact) mass is 151 g/mol. The van der Waals surface area contributed by atoms with Crippen LogP contribution in [0.1, 0.15) is 5.76 Å². The van der Waals surface area contributed by atoms with Crippen LogP contribution in [0, 0.1) is 17.2 Å². The smallest absolute Gasteiger partial charge is 0.105 e. The molecule has 3 heteroatoms. The van der Waals surface area contributed by atoms with Gasteiger partial charge >= 0.3 is 0 Å². The molecule has 0 aromatic carbocycles. The van der Waals surface area contributed by atoms with Crippen LogP contribution in [-0.2, 0) is 6.42 Å². The predicted molar refractivity (Wildman–Crippen MR) is 38.6 cm³/mol. The molecule has 0 saturated heterocycles. The fourth-order valence-electron chi connectivity index (χ4n) is 0.823. The Hall–Kier alpha value is -1.27. The molecule has 0 bridgehead atoms. The van der Waals surface area contributed by atoms with Gasteiger partial charge in [0.05, 0.1) is 24.9 Å². The number of nitriles is 1. The number of aliphatic hydroxyl groups is 1. The van der Waals surface area contributed by atoms with Crippen LogP contribution in [0.2, 0.25) is 0 Å². The Bertz CT molecular complexity index is 235. The highest BCUT2D eigenvalue weighted by Gasteiger charge is 2.07. The number of rotatable bonds is 3. The Morgan fingerprint density at radius 3 is 3.00 bits per heavy atom. The predicted octanol–water partition coefficient (Wildman–Crippen LogP) is 0.954. The molecule has 0 aliphatic carbocycles. The van der Waals surface area contributed by atoms with Crippen molar-refractivity contribution in [1.29, 1.82) is 5.26 Å². The van der Waals surface area contributed by atoms with Crippen molar-refractivity contribution in [3.8, 4) is 6.07 Å². The molecule has 1 aromatic heterocycles. The van der Waals surface area contributed by atoms with Gasteiger partial charge in [0.25, 0.3) is 0 Å². The molecule has 3 nitrogen and oxygen atoms in total. The summed E-state index contributed by atoms with van der Waals surface area (Å²) < 4.78 is 5.01. The highest BCUT2D eigenvalue weighted by atomic mass is 16.3. The highest BCUT2D eigenvalue weighted by Crippen LogP contribution is 2.07. The first kappa shape index (κ1) is 7.83. The van der Waals surface area contributed by atoms with Gasteiger partial charge in [0.1, 0.15) is 5.76 Å². The zero-order chi connectivity index (χ0) is 8.10. The molecule has 0 amide bonds. The maximum atomic E-state index is 8.66. The van der Waals surface area contributed by atoms with Crippen LogP contribution < -0.4 is 0 Å². The summed E-state index contributed by atoms with van der Waals surface area (Å²) in [5, 5.41) is 17.1. The van der Waals surface area contributed by atoms with E-state index in [9.17, 15) is 0 Å². The van der Waals surface area contributed by atoms with Gasteiger partial charge in [-0.25, -0.2) is 0 Å². The van der Waals surface area contributed by atoms with E-state index in [1.54, 1.807) is 18.4 Å². The molecule has 1 N–H and O–H groups in total. The van der Waals surface area contributed by atoms with Crippen molar-refractivity contribution >= 4 is 0 Å². The molecule has 1 rings (SSSR count). The minimum Gasteiger partial charge on any atom is -0.469 e. The van der Waals surface area contributed by atoms with Gasteiger partial charge in [-0.1, -0.05) is 0 Å². The first-order valence-electron chi connectivity index (χ1n) is 3.39. The fraction of sp³-hybridized carbons (Fsp3) is 0.375. The van der Waals surface area contributed by atoms with Crippen LogP contribution in [-0.4, -0.2) is 11.7 Å². The van der Waals surface area contributed by atoms with E-state index in [0.717, 1.165) is 5.76 Å². The lowest BCUT2D eigenvalue weighted by atomic mass is 10.1. The molecular weight excluding hydrogens is 142 g/mol. The van der Waals surface area contributed by atoms with Gasteiger partial charge in [0, 0.05) is 6.42 Å². The van der Waals surface area contributed by atoms with Gasteiger partial charge < -0.3 is 9.52 Å². The normalized spacial score (nSPS) is 12.4. The topological polar surface area (TPSA) is 57.2 Å². The summed E-state index contributed by atoms with van der Waals surface area (Å²) in [5.41, 5.74) is 0. The average molecular weight is 151 g/mol. The number of nitrogens with zero attached hydrogens (tertiary/aromatic N) is 1. The van der Waals surface area contributed by atoms with Crippen molar-refractivity contribution < 1.29 is 9.52 Å². The summed E-state index contributed by atoms with van der Waals surface area (Å²) in [6, 6.07) is 5.54. The largest absolute Gasteiger partial charge is 0.469 e. The first-order chi connectivity index (χ1) is 5.36. The Morgan fingerprint density at radius 2 is 2.55 bits per heavy atom. The van der Waals surface area contributed by atoms with E-state index in [2.05, 4.69) is 0 Å². The average Bonchev–Trinajstić information content (AvgIpc) is 2.52. The zero-order valence-electron chi connectivity index (χ0n) is 6.03. The van der Waals surface area contributed by atoms with E-state index in [0.29, 0.717) is 6.42 Å². The summed E-state index contributed by atoms with van der Waals surface area (Å²) in [4.78, 5) is 0. The second-order valence-electron chi connectivity index (χ2n) is 2.29. The summed E-state index contributed by atoms with van der Waals surface area (Å²) in [7, 11) is 0.